The molecular weight excluding hydrogens is 279 g/mol. The highest BCUT2D eigenvalue weighted by atomic mass is 35.5. The number of nitrogens with zero attached hydrogens (tertiary/aromatic N) is 1. The van der Waals surface area contributed by atoms with Crippen LogP contribution >= 0.6 is 11.6 Å². The maximum Gasteiger partial charge on any atom is 0.165 e. The molecule has 0 amide bonds. The summed E-state index contributed by atoms with van der Waals surface area (Å²) < 4.78 is 18.4. The monoisotopic (exact) mass is 290 g/mol. The van der Waals surface area contributed by atoms with E-state index in [4.69, 9.17) is 21.6 Å². The minimum Gasteiger partial charge on any atom is -0.494 e. The fourth-order valence-electron chi connectivity index (χ4n) is 1.75. The van der Waals surface area contributed by atoms with Crippen LogP contribution in [0, 0.1) is 17.1 Å². The molecule has 2 aromatic rings. The average Bonchev–Trinajstić information content (AvgIpc) is 2.46. The average molecular weight is 291 g/mol. The van der Waals surface area contributed by atoms with E-state index >= 15 is 0 Å². The maximum absolute atomic E-state index is 13.6. The largest absolute Gasteiger partial charge is 0.494 e. The Morgan fingerprint density at radius 3 is 2.75 bits per heavy atom. The van der Waals surface area contributed by atoms with Crippen molar-refractivity contribution in [3.8, 4) is 11.8 Å². The van der Waals surface area contributed by atoms with Crippen LogP contribution < -0.4 is 10.1 Å². The van der Waals surface area contributed by atoms with Gasteiger partial charge in [0.2, 0.25) is 0 Å². The number of anilines is 1. The third-order valence-electron chi connectivity index (χ3n) is 2.79. The highest BCUT2D eigenvalue weighted by Gasteiger charge is 2.05. The third-order valence-corrected chi connectivity index (χ3v) is 3.12. The highest BCUT2D eigenvalue weighted by molar-refractivity contribution is 6.33. The van der Waals surface area contributed by atoms with Crippen LogP contribution in [-0.4, -0.2) is 7.11 Å². The lowest BCUT2D eigenvalue weighted by Crippen LogP contribution is -2.01. The predicted molar refractivity (Wildman–Crippen MR) is 76.4 cm³/mol. The predicted octanol–water partition coefficient (Wildman–Crippen LogP) is 3.97. The van der Waals surface area contributed by atoms with Crippen molar-refractivity contribution in [2.75, 3.05) is 12.4 Å². The quantitative estimate of drug-likeness (QED) is 0.926. The van der Waals surface area contributed by atoms with Crippen molar-refractivity contribution in [3.05, 3.63) is 58.4 Å². The molecule has 3 nitrogen and oxygen atoms in total. The zero-order valence-corrected chi connectivity index (χ0v) is 11.5. The van der Waals surface area contributed by atoms with Crippen LogP contribution in [0.1, 0.15) is 11.1 Å². The molecule has 0 radical (unpaired) electrons. The molecule has 0 bridgehead atoms. The van der Waals surface area contributed by atoms with Crippen molar-refractivity contribution in [2.24, 2.45) is 0 Å². The van der Waals surface area contributed by atoms with Gasteiger partial charge in [-0.15, -0.1) is 0 Å². The fraction of sp³-hybridized carbons (Fsp3) is 0.133. The normalized spacial score (nSPS) is 9.90. The number of methoxy groups -OCH3 is 1. The van der Waals surface area contributed by atoms with Gasteiger partial charge in [-0.25, -0.2) is 4.39 Å². The lowest BCUT2D eigenvalue weighted by molar-refractivity contribution is 0.386. The van der Waals surface area contributed by atoms with Crippen LogP contribution in [0.15, 0.2) is 36.4 Å². The summed E-state index contributed by atoms with van der Waals surface area (Å²) in [5, 5.41) is 12.4. The molecule has 0 fully saturated rings. The number of nitrogens with one attached hydrogen (secondary N) is 1. The number of nitriles is 1. The number of benzene rings is 2. The van der Waals surface area contributed by atoms with Crippen molar-refractivity contribution < 1.29 is 9.13 Å². The van der Waals surface area contributed by atoms with E-state index in [2.05, 4.69) is 5.32 Å². The molecule has 0 heterocycles. The Hall–Kier alpha value is -2.25. The van der Waals surface area contributed by atoms with Crippen molar-refractivity contribution in [1.29, 1.82) is 5.26 Å². The van der Waals surface area contributed by atoms with Gasteiger partial charge in [0, 0.05) is 6.54 Å². The maximum atomic E-state index is 13.6. The van der Waals surface area contributed by atoms with Crippen molar-refractivity contribution in [3.63, 3.8) is 0 Å². The summed E-state index contributed by atoms with van der Waals surface area (Å²) in [4.78, 5) is 0. The topological polar surface area (TPSA) is 45.0 Å². The molecule has 0 atom stereocenters. The molecule has 20 heavy (non-hydrogen) atoms. The first-order valence-corrected chi connectivity index (χ1v) is 6.28. The van der Waals surface area contributed by atoms with E-state index < -0.39 is 5.82 Å². The second-order valence-electron chi connectivity index (χ2n) is 4.13. The van der Waals surface area contributed by atoms with Gasteiger partial charge in [0.25, 0.3) is 0 Å². The second kappa shape index (κ2) is 6.27. The summed E-state index contributed by atoms with van der Waals surface area (Å²) in [6.45, 7) is 0.398. The van der Waals surface area contributed by atoms with E-state index in [1.165, 1.54) is 13.2 Å². The van der Waals surface area contributed by atoms with Gasteiger partial charge in [-0.2, -0.15) is 5.26 Å². The minimum atomic E-state index is -0.413. The van der Waals surface area contributed by atoms with Gasteiger partial charge >= 0.3 is 0 Å². The Morgan fingerprint density at radius 2 is 2.10 bits per heavy atom. The van der Waals surface area contributed by atoms with Gasteiger partial charge in [0.05, 0.1) is 29.5 Å². The van der Waals surface area contributed by atoms with Crippen molar-refractivity contribution >= 4 is 17.3 Å². The minimum absolute atomic E-state index is 0.207. The van der Waals surface area contributed by atoms with Gasteiger partial charge in [0.15, 0.2) is 11.6 Å². The van der Waals surface area contributed by atoms with Crippen LogP contribution in [0.3, 0.4) is 0 Å². The zero-order valence-electron chi connectivity index (χ0n) is 10.8. The van der Waals surface area contributed by atoms with Gasteiger partial charge in [-0.3, -0.25) is 0 Å². The summed E-state index contributed by atoms with van der Waals surface area (Å²) >= 11 is 6.03. The molecule has 0 unspecified atom stereocenters. The SMILES string of the molecule is COc1ccc(CNc2cc(C#N)ccc2Cl)cc1F. The molecular formula is C15H12ClFN2O. The fourth-order valence-corrected chi connectivity index (χ4v) is 1.93. The molecule has 1 N–H and O–H groups in total. The Balaban J connectivity index is 2.13. The van der Waals surface area contributed by atoms with Gasteiger partial charge in [-0.1, -0.05) is 17.7 Å². The van der Waals surface area contributed by atoms with Gasteiger partial charge < -0.3 is 10.1 Å². The summed E-state index contributed by atoms with van der Waals surface area (Å²) in [5.74, 6) is -0.207. The Bertz CT molecular complexity index is 667. The number of halogens is 2. The van der Waals surface area contributed by atoms with E-state index in [0.29, 0.717) is 22.8 Å². The third kappa shape index (κ3) is 3.19. The molecule has 0 spiro atoms. The van der Waals surface area contributed by atoms with Crippen molar-refractivity contribution in [2.45, 2.75) is 6.54 Å². The molecule has 0 aliphatic carbocycles. The van der Waals surface area contributed by atoms with E-state index in [1.807, 2.05) is 6.07 Å². The Morgan fingerprint density at radius 1 is 1.30 bits per heavy atom. The van der Waals surface area contributed by atoms with Crippen LogP contribution in [0.4, 0.5) is 10.1 Å². The number of hydrogen-bond acceptors (Lipinski definition) is 3. The van der Waals surface area contributed by atoms with E-state index in [-0.39, 0.29) is 5.75 Å². The van der Waals surface area contributed by atoms with Crippen LogP contribution in [0.5, 0.6) is 5.75 Å². The highest BCUT2D eigenvalue weighted by Crippen LogP contribution is 2.24. The molecule has 0 saturated heterocycles. The molecule has 0 aromatic heterocycles. The smallest absolute Gasteiger partial charge is 0.165 e. The summed E-state index contributed by atoms with van der Waals surface area (Å²) in [5.41, 5.74) is 1.90. The molecule has 102 valence electrons. The van der Waals surface area contributed by atoms with Crippen molar-refractivity contribution in [1.82, 2.24) is 0 Å². The number of hydrogen-bond donors (Lipinski definition) is 1. The first-order chi connectivity index (χ1) is 9.63. The summed E-state index contributed by atoms with van der Waals surface area (Å²) in [7, 11) is 1.42. The first-order valence-electron chi connectivity index (χ1n) is 5.90. The molecule has 2 rings (SSSR count). The standard InChI is InChI=1S/C15H12ClFN2O/c1-20-15-5-3-11(6-13(15)17)9-19-14-7-10(8-18)2-4-12(14)16/h2-7,19H,9H2,1H3. The van der Waals surface area contributed by atoms with Crippen LogP contribution in [0.2, 0.25) is 5.02 Å². The lowest BCUT2D eigenvalue weighted by atomic mass is 10.2. The van der Waals surface area contributed by atoms with Crippen LogP contribution in [0.25, 0.3) is 0 Å². The lowest BCUT2D eigenvalue weighted by Gasteiger charge is -2.10. The number of ether oxygens (including phenoxy) is 1. The molecule has 0 aliphatic heterocycles. The van der Waals surface area contributed by atoms with E-state index in [0.717, 1.165) is 5.56 Å². The Labute approximate surface area is 121 Å². The van der Waals surface area contributed by atoms with Crippen LogP contribution in [-0.2, 0) is 6.54 Å². The van der Waals surface area contributed by atoms with Gasteiger partial charge in [0.1, 0.15) is 0 Å². The van der Waals surface area contributed by atoms with E-state index in [9.17, 15) is 4.39 Å². The second-order valence-corrected chi connectivity index (χ2v) is 4.54. The number of rotatable bonds is 4. The van der Waals surface area contributed by atoms with Gasteiger partial charge in [-0.05, 0) is 35.9 Å². The zero-order chi connectivity index (χ0) is 14.5. The summed E-state index contributed by atoms with van der Waals surface area (Å²) in [6, 6.07) is 11.7. The Kier molecular flexibility index (Phi) is 4.44. The first kappa shape index (κ1) is 14.2. The summed E-state index contributed by atoms with van der Waals surface area (Å²) in [6.07, 6.45) is 0. The molecule has 2 aromatic carbocycles. The molecule has 0 aliphatic rings. The molecule has 5 heteroatoms. The molecule has 0 saturated carbocycles. The van der Waals surface area contributed by atoms with E-state index in [1.54, 1.807) is 30.3 Å².